The maximum atomic E-state index is 8.85. The molecule has 2 N–H and O–H groups in total. The number of allylic oxidation sites excluding steroid dienone is 2. The largest absolute Gasteiger partial charge is 0.359 e. The average molecular weight is 125 g/mol. The lowest BCUT2D eigenvalue weighted by atomic mass is 10.0. The van der Waals surface area contributed by atoms with Crippen molar-refractivity contribution >= 4 is 0 Å². The Hall–Kier alpha value is -0.600. The van der Waals surface area contributed by atoms with Gasteiger partial charge in [0.15, 0.2) is 0 Å². The molecule has 2 nitrogen and oxygen atoms in total. The second-order valence-corrected chi connectivity index (χ2v) is 2.17. The van der Waals surface area contributed by atoms with Crippen molar-refractivity contribution in [3.05, 3.63) is 31.2 Å². The van der Waals surface area contributed by atoms with Gasteiger partial charge in [-0.1, -0.05) is 12.2 Å². The Balaban J connectivity index is 2.70. The van der Waals surface area contributed by atoms with Crippen molar-refractivity contribution in [3.63, 3.8) is 0 Å². The lowest BCUT2D eigenvalue weighted by Crippen LogP contribution is -2.23. The van der Waals surface area contributed by atoms with E-state index in [0.717, 1.165) is 0 Å². The Kier molecular flexibility index (Phi) is 1.43. The molecule has 0 heterocycles. The number of aliphatic hydroxyl groups is 2. The molecule has 0 aromatic carbocycles. The van der Waals surface area contributed by atoms with Gasteiger partial charge in [0.25, 0.3) is 0 Å². The van der Waals surface area contributed by atoms with Gasteiger partial charge in [0.05, 0.1) is 0 Å². The third kappa shape index (κ3) is 1.66. The molecule has 49 valence electrons. The maximum Gasteiger partial charge on any atom is 0.202 e. The zero-order valence-electron chi connectivity index (χ0n) is 4.99. The van der Waals surface area contributed by atoms with E-state index in [1.807, 2.05) is 0 Å². The molecule has 0 saturated heterocycles. The smallest absolute Gasteiger partial charge is 0.202 e. The van der Waals surface area contributed by atoms with Crippen LogP contribution in [0, 0.1) is 12.8 Å². The van der Waals surface area contributed by atoms with Crippen molar-refractivity contribution in [2.45, 2.75) is 5.79 Å². The number of hydrogen-bond donors (Lipinski definition) is 2. The summed E-state index contributed by atoms with van der Waals surface area (Å²) in [5.41, 5.74) is 0. The monoisotopic (exact) mass is 125 g/mol. The minimum atomic E-state index is -1.74. The van der Waals surface area contributed by atoms with Gasteiger partial charge < -0.3 is 10.2 Å². The Labute approximate surface area is 54.1 Å². The van der Waals surface area contributed by atoms with Gasteiger partial charge in [-0.2, -0.15) is 0 Å². The Morgan fingerprint density at radius 1 is 1.22 bits per heavy atom. The first-order valence-corrected chi connectivity index (χ1v) is 2.77. The highest BCUT2D eigenvalue weighted by Gasteiger charge is 2.16. The van der Waals surface area contributed by atoms with E-state index in [2.05, 4.69) is 6.92 Å². The molecule has 1 aliphatic carbocycles. The normalized spacial score (nSPS) is 24.8. The van der Waals surface area contributed by atoms with Crippen LogP contribution in [-0.2, 0) is 0 Å². The second kappa shape index (κ2) is 1.97. The number of hydrogen-bond acceptors (Lipinski definition) is 2. The van der Waals surface area contributed by atoms with E-state index in [-0.39, 0.29) is 5.92 Å². The standard InChI is InChI=1S/C7H9O2/c1-6-2-4-7(8,9)5-3-6/h2-6,8-9H,1H2. The van der Waals surface area contributed by atoms with Gasteiger partial charge in [0, 0.05) is 0 Å². The minimum absolute atomic E-state index is 0.0671. The molecule has 0 aromatic heterocycles. The summed E-state index contributed by atoms with van der Waals surface area (Å²) in [6, 6.07) is 0. The average Bonchev–Trinajstić information content (AvgIpc) is 1.78. The van der Waals surface area contributed by atoms with Gasteiger partial charge >= 0.3 is 0 Å². The van der Waals surface area contributed by atoms with Crippen molar-refractivity contribution < 1.29 is 10.2 Å². The van der Waals surface area contributed by atoms with Gasteiger partial charge in [0.1, 0.15) is 0 Å². The van der Waals surface area contributed by atoms with Crippen LogP contribution in [0.15, 0.2) is 24.3 Å². The highest BCUT2D eigenvalue weighted by molar-refractivity contribution is 5.18. The summed E-state index contributed by atoms with van der Waals surface area (Å²) in [5, 5.41) is 17.7. The Bertz CT molecular complexity index is 140. The van der Waals surface area contributed by atoms with Crippen molar-refractivity contribution in [1.29, 1.82) is 0 Å². The van der Waals surface area contributed by atoms with Gasteiger partial charge in [-0.05, 0) is 25.0 Å². The topological polar surface area (TPSA) is 40.5 Å². The maximum absolute atomic E-state index is 8.85. The fraction of sp³-hybridized carbons (Fsp3) is 0.286. The van der Waals surface area contributed by atoms with E-state index in [1.165, 1.54) is 12.2 Å². The van der Waals surface area contributed by atoms with E-state index in [4.69, 9.17) is 10.2 Å². The van der Waals surface area contributed by atoms with Crippen LogP contribution < -0.4 is 0 Å². The molecule has 0 bridgehead atoms. The molecule has 0 amide bonds. The van der Waals surface area contributed by atoms with Crippen LogP contribution in [0.2, 0.25) is 0 Å². The summed E-state index contributed by atoms with van der Waals surface area (Å²) >= 11 is 0. The SMILES string of the molecule is [CH2]C1C=CC(O)(O)C=C1. The Morgan fingerprint density at radius 2 is 1.67 bits per heavy atom. The third-order valence-corrected chi connectivity index (χ3v) is 1.18. The first kappa shape index (κ1) is 6.52. The van der Waals surface area contributed by atoms with Crippen molar-refractivity contribution in [3.8, 4) is 0 Å². The molecule has 9 heavy (non-hydrogen) atoms. The van der Waals surface area contributed by atoms with Crippen LogP contribution >= 0.6 is 0 Å². The first-order valence-electron chi connectivity index (χ1n) is 2.77. The molecule has 0 saturated carbocycles. The van der Waals surface area contributed by atoms with Crippen LogP contribution in [0.3, 0.4) is 0 Å². The molecule has 0 fully saturated rings. The van der Waals surface area contributed by atoms with E-state index < -0.39 is 5.79 Å². The van der Waals surface area contributed by atoms with Crippen LogP contribution in [0.1, 0.15) is 0 Å². The molecule has 2 heteroatoms. The fourth-order valence-corrected chi connectivity index (χ4v) is 0.650. The highest BCUT2D eigenvalue weighted by atomic mass is 16.5. The summed E-state index contributed by atoms with van der Waals surface area (Å²) in [4.78, 5) is 0. The second-order valence-electron chi connectivity index (χ2n) is 2.17. The lowest BCUT2D eigenvalue weighted by Gasteiger charge is -2.16. The summed E-state index contributed by atoms with van der Waals surface area (Å²) in [7, 11) is 0. The van der Waals surface area contributed by atoms with Crippen LogP contribution in [0.25, 0.3) is 0 Å². The highest BCUT2D eigenvalue weighted by Crippen LogP contribution is 2.14. The van der Waals surface area contributed by atoms with Crippen LogP contribution in [0.4, 0.5) is 0 Å². The predicted molar refractivity (Wildman–Crippen MR) is 34.3 cm³/mol. The molecular weight excluding hydrogens is 116 g/mol. The molecule has 0 aromatic rings. The lowest BCUT2D eigenvalue weighted by molar-refractivity contribution is -0.0756. The molecule has 1 radical (unpaired) electrons. The summed E-state index contributed by atoms with van der Waals surface area (Å²) in [6.07, 6.45) is 5.90. The van der Waals surface area contributed by atoms with Crippen LogP contribution in [-0.4, -0.2) is 16.0 Å². The van der Waals surface area contributed by atoms with Crippen molar-refractivity contribution in [2.75, 3.05) is 0 Å². The molecule has 0 atom stereocenters. The summed E-state index contributed by atoms with van der Waals surface area (Å²) in [5.74, 6) is -1.67. The van der Waals surface area contributed by atoms with E-state index in [0.29, 0.717) is 0 Å². The molecule has 0 spiro atoms. The summed E-state index contributed by atoms with van der Waals surface area (Å²) in [6.45, 7) is 3.67. The van der Waals surface area contributed by atoms with Gasteiger partial charge in [-0.25, -0.2) is 0 Å². The molecule has 0 unspecified atom stereocenters. The van der Waals surface area contributed by atoms with E-state index in [1.54, 1.807) is 12.2 Å². The zero-order valence-corrected chi connectivity index (χ0v) is 4.99. The fourth-order valence-electron chi connectivity index (χ4n) is 0.650. The van der Waals surface area contributed by atoms with E-state index >= 15 is 0 Å². The van der Waals surface area contributed by atoms with Gasteiger partial charge in [-0.15, -0.1) is 0 Å². The van der Waals surface area contributed by atoms with Crippen molar-refractivity contribution in [1.82, 2.24) is 0 Å². The molecule has 0 aliphatic heterocycles. The molecular formula is C7H9O2. The van der Waals surface area contributed by atoms with E-state index in [9.17, 15) is 0 Å². The first-order chi connectivity index (χ1) is 4.10. The van der Waals surface area contributed by atoms with Gasteiger partial charge in [-0.3, -0.25) is 0 Å². The minimum Gasteiger partial charge on any atom is -0.359 e. The quantitative estimate of drug-likeness (QED) is 0.359. The predicted octanol–water partition coefficient (Wildman–Crippen LogP) is 0.244. The van der Waals surface area contributed by atoms with Crippen molar-refractivity contribution in [2.24, 2.45) is 5.92 Å². The number of rotatable bonds is 0. The zero-order chi connectivity index (χ0) is 6.91. The van der Waals surface area contributed by atoms with Crippen LogP contribution in [0.5, 0.6) is 0 Å². The Morgan fingerprint density at radius 3 is 2.00 bits per heavy atom. The molecule has 1 rings (SSSR count). The summed E-state index contributed by atoms with van der Waals surface area (Å²) < 4.78 is 0. The molecule has 1 aliphatic rings. The third-order valence-electron chi connectivity index (χ3n) is 1.18. The van der Waals surface area contributed by atoms with Gasteiger partial charge in [0.2, 0.25) is 5.79 Å².